The van der Waals surface area contributed by atoms with Crippen molar-refractivity contribution in [1.29, 1.82) is 0 Å². The number of para-hydroxylation sites is 2. The third kappa shape index (κ3) is 5.75. The van der Waals surface area contributed by atoms with Crippen LogP contribution in [0.15, 0.2) is 47.8 Å². The Morgan fingerprint density at radius 2 is 1.79 bits per heavy atom. The van der Waals surface area contributed by atoms with Crippen molar-refractivity contribution in [1.82, 2.24) is 4.98 Å². The quantitative estimate of drug-likeness (QED) is 0.408. The highest BCUT2D eigenvalue weighted by Gasteiger charge is 2.22. The van der Waals surface area contributed by atoms with Crippen molar-refractivity contribution in [3.05, 3.63) is 59.1 Å². The van der Waals surface area contributed by atoms with Crippen LogP contribution in [0.4, 0.5) is 19.6 Å². The van der Waals surface area contributed by atoms with Gasteiger partial charge >= 0.3 is 12.6 Å². The maximum absolute atomic E-state index is 12.5. The van der Waals surface area contributed by atoms with E-state index in [2.05, 4.69) is 9.72 Å². The van der Waals surface area contributed by atoms with Gasteiger partial charge in [0.1, 0.15) is 12.4 Å². The maximum Gasteiger partial charge on any atom is 0.387 e. The fraction of sp³-hybridized carbons (Fsp3) is 0.227. The number of carbonyl (C=O) groups excluding carboxylic acids is 2. The van der Waals surface area contributed by atoms with Gasteiger partial charge in [-0.2, -0.15) is 8.78 Å². The predicted octanol–water partition coefficient (Wildman–Crippen LogP) is 4.80. The Kier molecular flexibility index (Phi) is 7.78. The minimum atomic E-state index is -3.03. The molecule has 3 rings (SSSR count). The summed E-state index contributed by atoms with van der Waals surface area (Å²) in [6, 6.07) is 10.7. The summed E-state index contributed by atoms with van der Waals surface area (Å²) in [7, 11) is 2.77. The van der Waals surface area contributed by atoms with Crippen molar-refractivity contribution < 1.29 is 37.3 Å². The summed E-state index contributed by atoms with van der Waals surface area (Å²) in [5, 5.41) is 2.04. The first-order valence-corrected chi connectivity index (χ1v) is 10.4. The molecule has 33 heavy (non-hydrogen) atoms. The molecule has 1 amide bonds. The molecular formula is C22H20F2N2O6S. The molecule has 0 radical (unpaired) electrons. The second-order valence-corrected chi connectivity index (χ2v) is 7.30. The van der Waals surface area contributed by atoms with Gasteiger partial charge in [0, 0.05) is 12.3 Å². The van der Waals surface area contributed by atoms with Crippen LogP contribution in [0.2, 0.25) is 0 Å². The Morgan fingerprint density at radius 3 is 2.45 bits per heavy atom. The van der Waals surface area contributed by atoms with Crippen molar-refractivity contribution in [2.45, 2.75) is 20.1 Å². The van der Waals surface area contributed by atoms with Crippen LogP contribution >= 0.6 is 11.3 Å². The summed E-state index contributed by atoms with van der Waals surface area (Å²) in [6.07, 6.45) is 0. The minimum absolute atomic E-state index is 0.0328. The smallest absolute Gasteiger partial charge is 0.387 e. The van der Waals surface area contributed by atoms with Crippen LogP contribution in [0.25, 0.3) is 0 Å². The molecule has 0 spiro atoms. The second-order valence-electron chi connectivity index (χ2n) is 6.47. The van der Waals surface area contributed by atoms with Gasteiger partial charge in [0.2, 0.25) is 5.91 Å². The number of amides is 1. The summed E-state index contributed by atoms with van der Waals surface area (Å²) in [5.41, 5.74) is 1.04. The summed E-state index contributed by atoms with van der Waals surface area (Å²) >= 11 is 1.20. The SMILES string of the molecule is COc1cc(C(=O)OCc2csc(N(C(C)=O)c3ccccc3OC)n2)ccc1OC(F)F. The molecule has 0 aliphatic carbocycles. The standard InChI is InChI=1S/C22H20F2N2O6S/c1-13(27)26(16-6-4-5-7-17(16)29-2)22-25-15(12-33-22)11-31-20(28)14-8-9-18(32-21(23)24)19(10-14)30-3/h4-10,12,21H,11H2,1-3H3. The third-order valence-corrected chi connectivity index (χ3v) is 5.21. The first kappa shape index (κ1) is 23.9. The topological polar surface area (TPSA) is 87.2 Å². The van der Waals surface area contributed by atoms with Gasteiger partial charge in [-0.15, -0.1) is 11.3 Å². The van der Waals surface area contributed by atoms with E-state index < -0.39 is 12.6 Å². The lowest BCUT2D eigenvalue weighted by atomic mass is 10.2. The molecule has 1 heterocycles. The molecule has 0 aliphatic heterocycles. The van der Waals surface area contributed by atoms with Gasteiger partial charge in [-0.05, 0) is 30.3 Å². The molecule has 1 aromatic heterocycles. The molecule has 0 saturated carbocycles. The number of methoxy groups -OCH3 is 2. The van der Waals surface area contributed by atoms with E-state index in [9.17, 15) is 18.4 Å². The zero-order valence-electron chi connectivity index (χ0n) is 17.9. The number of carbonyl (C=O) groups is 2. The Bertz CT molecular complexity index is 1140. The summed E-state index contributed by atoms with van der Waals surface area (Å²) in [4.78, 5) is 30.5. The number of hydrogen-bond acceptors (Lipinski definition) is 8. The lowest BCUT2D eigenvalue weighted by Gasteiger charge is -2.20. The highest BCUT2D eigenvalue weighted by atomic mass is 32.1. The van der Waals surface area contributed by atoms with Gasteiger partial charge in [-0.3, -0.25) is 9.69 Å². The van der Waals surface area contributed by atoms with Crippen molar-refractivity contribution in [2.24, 2.45) is 0 Å². The van der Waals surface area contributed by atoms with Gasteiger partial charge in [0.05, 0.1) is 31.2 Å². The van der Waals surface area contributed by atoms with E-state index in [1.54, 1.807) is 29.6 Å². The number of hydrogen-bond donors (Lipinski definition) is 0. The number of alkyl halides is 2. The lowest BCUT2D eigenvalue weighted by Crippen LogP contribution is -2.23. The van der Waals surface area contributed by atoms with Gasteiger partial charge in [0.25, 0.3) is 0 Å². The van der Waals surface area contributed by atoms with Crippen molar-refractivity contribution in [3.63, 3.8) is 0 Å². The number of anilines is 2. The van der Waals surface area contributed by atoms with Crippen LogP contribution in [-0.2, 0) is 16.1 Å². The molecule has 0 N–H and O–H groups in total. The van der Waals surface area contributed by atoms with Crippen LogP contribution in [0.5, 0.6) is 17.2 Å². The molecule has 0 aliphatic rings. The molecule has 0 bridgehead atoms. The number of benzene rings is 2. The highest BCUT2D eigenvalue weighted by Crippen LogP contribution is 2.35. The number of nitrogens with zero attached hydrogens (tertiary/aromatic N) is 2. The fourth-order valence-corrected chi connectivity index (χ4v) is 3.76. The van der Waals surface area contributed by atoms with E-state index in [4.69, 9.17) is 14.2 Å². The van der Waals surface area contributed by atoms with Crippen LogP contribution in [-0.4, -0.2) is 37.7 Å². The summed E-state index contributed by atoms with van der Waals surface area (Å²) in [6.45, 7) is -1.78. The molecule has 0 atom stereocenters. The van der Waals surface area contributed by atoms with Crippen LogP contribution in [0, 0.1) is 0 Å². The minimum Gasteiger partial charge on any atom is -0.495 e. The van der Waals surface area contributed by atoms with Gasteiger partial charge in [-0.25, -0.2) is 9.78 Å². The number of esters is 1. The summed E-state index contributed by atoms with van der Waals surface area (Å²) < 4.78 is 44.8. The van der Waals surface area contributed by atoms with E-state index in [-0.39, 0.29) is 29.6 Å². The Labute approximate surface area is 192 Å². The molecule has 0 saturated heterocycles. The summed E-state index contributed by atoms with van der Waals surface area (Å²) in [5.74, 6) is -0.706. The van der Waals surface area contributed by atoms with E-state index in [1.165, 1.54) is 55.6 Å². The zero-order valence-corrected chi connectivity index (χ0v) is 18.7. The largest absolute Gasteiger partial charge is 0.495 e. The maximum atomic E-state index is 12.5. The number of thiazole rings is 1. The van der Waals surface area contributed by atoms with E-state index in [1.807, 2.05) is 0 Å². The monoisotopic (exact) mass is 478 g/mol. The average Bonchev–Trinajstić information content (AvgIpc) is 3.26. The number of ether oxygens (including phenoxy) is 4. The van der Waals surface area contributed by atoms with E-state index in [0.717, 1.165) is 0 Å². The Morgan fingerprint density at radius 1 is 1.06 bits per heavy atom. The molecule has 3 aromatic rings. The molecule has 2 aromatic carbocycles. The number of rotatable bonds is 9. The first-order chi connectivity index (χ1) is 15.8. The molecule has 0 unspecified atom stereocenters. The Balaban J connectivity index is 1.73. The van der Waals surface area contributed by atoms with E-state index in [0.29, 0.717) is 22.3 Å². The zero-order chi connectivity index (χ0) is 24.0. The molecule has 11 heteroatoms. The average molecular weight is 478 g/mol. The second kappa shape index (κ2) is 10.7. The highest BCUT2D eigenvalue weighted by molar-refractivity contribution is 7.14. The van der Waals surface area contributed by atoms with Crippen molar-refractivity contribution in [2.75, 3.05) is 19.1 Å². The molecule has 0 fully saturated rings. The van der Waals surface area contributed by atoms with E-state index >= 15 is 0 Å². The van der Waals surface area contributed by atoms with Gasteiger partial charge < -0.3 is 18.9 Å². The van der Waals surface area contributed by atoms with Crippen molar-refractivity contribution >= 4 is 34.0 Å². The van der Waals surface area contributed by atoms with Crippen LogP contribution in [0.3, 0.4) is 0 Å². The third-order valence-electron chi connectivity index (χ3n) is 4.34. The number of halogens is 2. The number of aromatic nitrogens is 1. The molecule has 174 valence electrons. The lowest BCUT2D eigenvalue weighted by molar-refractivity contribution is -0.115. The van der Waals surface area contributed by atoms with Crippen molar-refractivity contribution in [3.8, 4) is 17.2 Å². The van der Waals surface area contributed by atoms with Crippen LogP contribution in [0.1, 0.15) is 23.0 Å². The predicted molar refractivity (Wildman–Crippen MR) is 117 cm³/mol. The van der Waals surface area contributed by atoms with Gasteiger partial charge in [-0.1, -0.05) is 12.1 Å². The van der Waals surface area contributed by atoms with Gasteiger partial charge in [0.15, 0.2) is 16.6 Å². The fourth-order valence-electron chi connectivity index (χ4n) is 2.90. The Hall–Kier alpha value is -3.73. The first-order valence-electron chi connectivity index (χ1n) is 9.52. The molecule has 8 nitrogen and oxygen atoms in total. The van der Waals surface area contributed by atoms with Crippen LogP contribution < -0.4 is 19.1 Å². The normalized spacial score (nSPS) is 10.6. The molecular weight excluding hydrogens is 458 g/mol.